The smallest absolute Gasteiger partial charge is 0.349 e. The van der Waals surface area contributed by atoms with Crippen molar-refractivity contribution in [1.29, 1.82) is 0 Å². The molecule has 0 atom stereocenters. The van der Waals surface area contributed by atoms with E-state index in [-0.39, 0.29) is 5.97 Å². The lowest BCUT2D eigenvalue weighted by molar-refractivity contribution is 0.0606. The maximum Gasteiger partial charge on any atom is 0.349 e. The predicted molar refractivity (Wildman–Crippen MR) is 73.1 cm³/mol. The molecule has 0 amide bonds. The number of rotatable bonds is 4. The topological polar surface area (TPSA) is 39.2 Å². The van der Waals surface area contributed by atoms with E-state index >= 15 is 0 Å². The van der Waals surface area contributed by atoms with Gasteiger partial charge in [-0.3, -0.25) is 0 Å². The normalized spacial score (nSPS) is 23.9. The molecule has 0 aromatic carbocycles. The maximum atomic E-state index is 11.4. The Hall–Kier alpha value is -0.900. The monoisotopic (exact) mass is 267 g/mol. The molecular weight excluding hydrogens is 246 g/mol. The number of hydrogen-bond acceptors (Lipinski definition) is 4. The molecule has 100 valence electrons. The SMILES string of the molecule is CCCC1CCC(c2ncc(C(=O)OC)s2)CC1. The van der Waals surface area contributed by atoms with Crippen LogP contribution >= 0.6 is 11.3 Å². The molecule has 1 fully saturated rings. The zero-order valence-electron chi connectivity index (χ0n) is 11.1. The summed E-state index contributed by atoms with van der Waals surface area (Å²) in [5, 5.41) is 1.12. The zero-order valence-corrected chi connectivity index (χ0v) is 12.0. The summed E-state index contributed by atoms with van der Waals surface area (Å²) < 4.78 is 4.72. The third-order valence-electron chi connectivity index (χ3n) is 3.80. The van der Waals surface area contributed by atoms with Gasteiger partial charge in [0.15, 0.2) is 0 Å². The van der Waals surface area contributed by atoms with E-state index in [2.05, 4.69) is 11.9 Å². The number of thiazole rings is 1. The fraction of sp³-hybridized carbons (Fsp3) is 0.714. The Bertz CT molecular complexity index is 394. The first-order valence-corrected chi connectivity index (χ1v) is 7.60. The summed E-state index contributed by atoms with van der Waals surface area (Å²) in [6.45, 7) is 2.26. The summed E-state index contributed by atoms with van der Waals surface area (Å²) in [6.07, 6.45) is 9.37. The Morgan fingerprint density at radius 2 is 2.17 bits per heavy atom. The molecule has 1 saturated carbocycles. The van der Waals surface area contributed by atoms with Gasteiger partial charge in [0.2, 0.25) is 0 Å². The Morgan fingerprint density at radius 1 is 1.44 bits per heavy atom. The van der Waals surface area contributed by atoms with Crippen LogP contribution in [0.5, 0.6) is 0 Å². The summed E-state index contributed by atoms with van der Waals surface area (Å²) in [6, 6.07) is 0. The first-order chi connectivity index (χ1) is 8.74. The van der Waals surface area contributed by atoms with E-state index in [0.29, 0.717) is 10.8 Å². The van der Waals surface area contributed by atoms with Crippen LogP contribution in [0.15, 0.2) is 6.20 Å². The van der Waals surface area contributed by atoms with Crippen LogP contribution in [0.1, 0.15) is 66.0 Å². The fourth-order valence-electron chi connectivity index (χ4n) is 2.78. The van der Waals surface area contributed by atoms with Crippen molar-refractivity contribution in [1.82, 2.24) is 4.98 Å². The highest BCUT2D eigenvalue weighted by Crippen LogP contribution is 2.38. The van der Waals surface area contributed by atoms with Gasteiger partial charge in [-0.2, -0.15) is 0 Å². The second kappa shape index (κ2) is 6.32. The molecule has 1 aliphatic rings. The first kappa shape index (κ1) is 13.5. The third-order valence-corrected chi connectivity index (χ3v) is 4.94. The average Bonchev–Trinajstić information content (AvgIpc) is 2.89. The minimum Gasteiger partial charge on any atom is -0.465 e. The molecule has 0 bridgehead atoms. The molecule has 1 aromatic rings. The lowest BCUT2D eigenvalue weighted by Gasteiger charge is -2.26. The molecule has 4 heteroatoms. The standard InChI is InChI=1S/C14H21NO2S/c1-3-4-10-5-7-11(8-6-10)13-15-9-12(18-13)14(16)17-2/h9-11H,3-8H2,1-2H3. The van der Waals surface area contributed by atoms with Crippen molar-refractivity contribution in [2.75, 3.05) is 7.11 Å². The molecule has 1 heterocycles. The molecule has 0 saturated heterocycles. The fourth-order valence-corrected chi connectivity index (χ4v) is 3.78. The first-order valence-electron chi connectivity index (χ1n) is 6.78. The lowest BCUT2D eigenvalue weighted by atomic mass is 9.80. The van der Waals surface area contributed by atoms with Crippen LogP contribution in [0.25, 0.3) is 0 Å². The van der Waals surface area contributed by atoms with E-state index in [9.17, 15) is 4.79 Å². The number of hydrogen-bond donors (Lipinski definition) is 0. The number of esters is 1. The minimum absolute atomic E-state index is 0.265. The molecule has 0 unspecified atom stereocenters. The Labute approximate surface area is 113 Å². The van der Waals surface area contributed by atoms with Gasteiger partial charge in [0.25, 0.3) is 0 Å². The van der Waals surface area contributed by atoms with Crippen molar-refractivity contribution in [3.05, 3.63) is 16.1 Å². The van der Waals surface area contributed by atoms with Crippen molar-refractivity contribution in [3.8, 4) is 0 Å². The van der Waals surface area contributed by atoms with Crippen LogP contribution in [0, 0.1) is 5.92 Å². The van der Waals surface area contributed by atoms with Gasteiger partial charge in [-0.25, -0.2) is 9.78 Å². The number of methoxy groups -OCH3 is 1. The van der Waals surface area contributed by atoms with Gasteiger partial charge in [0, 0.05) is 5.92 Å². The number of carbonyl (C=O) groups is 1. The highest BCUT2D eigenvalue weighted by atomic mass is 32.1. The second-order valence-corrected chi connectivity index (χ2v) is 6.12. The molecule has 18 heavy (non-hydrogen) atoms. The molecule has 0 aliphatic heterocycles. The lowest BCUT2D eigenvalue weighted by Crippen LogP contribution is -2.12. The van der Waals surface area contributed by atoms with Gasteiger partial charge < -0.3 is 4.74 Å². The van der Waals surface area contributed by atoms with Crippen molar-refractivity contribution in [2.24, 2.45) is 5.92 Å². The third kappa shape index (κ3) is 3.10. The van der Waals surface area contributed by atoms with E-state index in [0.717, 1.165) is 10.9 Å². The number of aromatic nitrogens is 1. The molecule has 0 spiro atoms. The molecule has 1 aliphatic carbocycles. The van der Waals surface area contributed by atoms with Crippen LogP contribution in [-0.4, -0.2) is 18.1 Å². The molecule has 2 rings (SSSR count). The van der Waals surface area contributed by atoms with Gasteiger partial charge in [-0.1, -0.05) is 19.8 Å². The average molecular weight is 267 g/mol. The van der Waals surface area contributed by atoms with Gasteiger partial charge in [0.1, 0.15) is 4.88 Å². The molecule has 3 nitrogen and oxygen atoms in total. The van der Waals surface area contributed by atoms with E-state index in [1.807, 2.05) is 0 Å². The summed E-state index contributed by atoms with van der Waals surface area (Å²) >= 11 is 1.50. The van der Waals surface area contributed by atoms with Crippen LogP contribution in [-0.2, 0) is 4.74 Å². The highest BCUT2D eigenvalue weighted by molar-refractivity contribution is 7.13. The van der Waals surface area contributed by atoms with Crippen molar-refractivity contribution in [3.63, 3.8) is 0 Å². The summed E-state index contributed by atoms with van der Waals surface area (Å²) in [5.74, 6) is 1.20. The number of ether oxygens (including phenoxy) is 1. The van der Waals surface area contributed by atoms with Gasteiger partial charge in [-0.15, -0.1) is 11.3 Å². The summed E-state index contributed by atoms with van der Waals surface area (Å²) in [5.41, 5.74) is 0. The molecule has 0 radical (unpaired) electrons. The largest absolute Gasteiger partial charge is 0.465 e. The second-order valence-electron chi connectivity index (χ2n) is 5.06. The Kier molecular flexibility index (Phi) is 4.75. The Morgan fingerprint density at radius 3 is 2.78 bits per heavy atom. The van der Waals surface area contributed by atoms with Crippen LogP contribution in [0.4, 0.5) is 0 Å². The summed E-state index contributed by atoms with van der Waals surface area (Å²) in [7, 11) is 1.41. The van der Waals surface area contributed by atoms with Crippen molar-refractivity contribution >= 4 is 17.3 Å². The van der Waals surface area contributed by atoms with Crippen molar-refractivity contribution < 1.29 is 9.53 Å². The molecular formula is C14H21NO2S. The van der Waals surface area contributed by atoms with Gasteiger partial charge in [-0.05, 0) is 31.6 Å². The van der Waals surface area contributed by atoms with Gasteiger partial charge >= 0.3 is 5.97 Å². The van der Waals surface area contributed by atoms with E-state index in [1.165, 1.54) is 57.0 Å². The van der Waals surface area contributed by atoms with Crippen LogP contribution in [0.3, 0.4) is 0 Å². The molecule has 1 aromatic heterocycles. The predicted octanol–water partition coefficient (Wildman–Crippen LogP) is 4.00. The van der Waals surface area contributed by atoms with Crippen LogP contribution in [0.2, 0.25) is 0 Å². The quantitative estimate of drug-likeness (QED) is 0.774. The van der Waals surface area contributed by atoms with E-state index < -0.39 is 0 Å². The highest BCUT2D eigenvalue weighted by Gasteiger charge is 2.24. The zero-order chi connectivity index (χ0) is 13.0. The van der Waals surface area contributed by atoms with Crippen molar-refractivity contribution in [2.45, 2.75) is 51.4 Å². The minimum atomic E-state index is -0.265. The summed E-state index contributed by atoms with van der Waals surface area (Å²) in [4.78, 5) is 16.4. The van der Waals surface area contributed by atoms with E-state index in [4.69, 9.17) is 4.74 Å². The van der Waals surface area contributed by atoms with Crippen LogP contribution < -0.4 is 0 Å². The number of nitrogens with zero attached hydrogens (tertiary/aromatic N) is 1. The molecule has 0 N–H and O–H groups in total. The maximum absolute atomic E-state index is 11.4. The Balaban J connectivity index is 1.93. The number of carbonyl (C=O) groups excluding carboxylic acids is 1. The van der Waals surface area contributed by atoms with Gasteiger partial charge in [0.05, 0.1) is 18.3 Å². The van der Waals surface area contributed by atoms with E-state index in [1.54, 1.807) is 6.20 Å².